The normalized spacial score (nSPS) is 13.9. The summed E-state index contributed by atoms with van der Waals surface area (Å²) in [5.41, 5.74) is 2.26. The molecule has 3 rings (SSSR count). The van der Waals surface area contributed by atoms with Crippen molar-refractivity contribution in [2.75, 3.05) is 17.2 Å². The van der Waals surface area contributed by atoms with Gasteiger partial charge in [-0.25, -0.2) is 14.4 Å². The molecule has 0 saturated carbocycles. The van der Waals surface area contributed by atoms with Crippen LogP contribution in [0.3, 0.4) is 0 Å². The SMILES string of the molecule is O=C(Nc1ccc(F)cc1)c1ccnc(NCCC2=CCCCC2)n1. The van der Waals surface area contributed by atoms with E-state index in [1.165, 1.54) is 55.5 Å². The number of hydrogen-bond donors (Lipinski definition) is 2. The van der Waals surface area contributed by atoms with Crippen molar-refractivity contribution in [1.82, 2.24) is 9.97 Å². The van der Waals surface area contributed by atoms with Gasteiger partial charge in [-0.1, -0.05) is 11.6 Å². The largest absolute Gasteiger partial charge is 0.354 e. The van der Waals surface area contributed by atoms with Crippen LogP contribution in [-0.4, -0.2) is 22.4 Å². The van der Waals surface area contributed by atoms with Crippen LogP contribution in [0.1, 0.15) is 42.6 Å². The van der Waals surface area contributed by atoms with E-state index in [9.17, 15) is 9.18 Å². The molecule has 2 aromatic rings. The molecule has 0 fully saturated rings. The number of benzene rings is 1. The second-order valence-corrected chi connectivity index (χ2v) is 6.01. The third-order valence-electron chi connectivity index (χ3n) is 4.10. The maximum Gasteiger partial charge on any atom is 0.274 e. The summed E-state index contributed by atoms with van der Waals surface area (Å²) in [7, 11) is 0. The van der Waals surface area contributed by atoms with Gasteiger partial charge in [-0.2, -0.15) is 0 Å². The molecule has 0 aliphatic heterocycles. The highest BCUT2D eigenvalue weighted by Gasteiger charge is 2.10. The van der Waals surface area contributed by atoms with E-state index >= 15 is 0 Å². The van der Waals surface area contributed by atoms with Gasteiger partial charge in [0.2, 0.25) is 5.95 Å². The molecule has 0 saturated heterocycles. The molecule has 1 aromatic carbocycles. The van der Waals surface area contributed by atoms with Crippen molar-refractivity contribution in [2.24, 2.45) is 0 Å². The zero-order valence-corrected chi connectivity index (χ0v) is 14.0. The third kappa shape index (κ3) is 5.11. The van der Waals surface area contributed by atoms with Gasteiger partial charge < -0.3 is 10.6 Å². The second kappa shape index (κ2) is 8.37. The molecule has 1 aliphatic carbocycles. The van der Waals surface area contributed by atoms with E-state index in [0.29, 0.717) is 11.6 Å². The number of carbonyl (C=O) groups is 1. The molecule has 2 N–H and O–H groups in total. The molecule has 25 heavy (non-hydrogen) atoms. The van der Waals surface area contributed by atoms with Crippen LogP contribution in [-0.2, 0) is 0 Å². The summed E-state index contributed by atoms with van der Waals surface area (Å²) in [6.45, 7) is 0.745. The first-order valence-electron chi connectivity index (χ1n) is 8.52. The van der Waals surface area contributed by atoms with Crippen LogP contribution in [0, 0.1) is 5.82 Å². The Hall–Kier alpha value is -2.76. The molecule has 0 radical (unpaired) electrons. The summed E-state index contributed by atoms with van der Waals surface area (Å²) >= 11 is 0. The van der Waals surface area contributed by atoms with Crippen molar-refractivity contribution in [3.05, 3.63) is 59.7 Å². The Morgan fingerprint density at radius 1 is 1.16 bits per heavy atom. The summed E-state index contributed by atoms with van der Waals surface area (Å²) in [6, 6.07) is 7.15. The molecule has 5 nitrogen and oxygen atoms in total. The summed E-state index contributed by atoms with van der Waals surface area (Å²) in [6.07, 6.45) is 9.73. The third-order valence-corrected chi connectivity index (χ3v) is 4.10. The number of nitrogens with zero attached hydrogens (tertiary/aromatic N) is 2. The number of carbonyl (C=O) groups excluding carboxylic acids is 1. The highest BCUT2D eigenvalue weighted by molar-refractivity contribution is 6.02. The van der Waals surface area contributed by atoms with Gasteiger partial charge in [0, 0.05) is 18.4 Å². The van der Waals surface area contributed by atoms with Crippen molar-refractivity contribution < 1.29 is 9.18 Å². The predicted octanol–water partition coefficient (Wildman–Crippen LogP) is 4.17. The van der Waals surface area contributed by atoms with E-state index in [2.05, 4.69) is 26.7 Å². The molecular weight excluding hydrogens is 319 g/mol. The van der Waals surface area contributed by atoms with Crippen LogP contribution in [0.15, 0.2) is 48.2 Å². The van der Waals surface area contributed by atoms with Crippen molar-refractivity contribution in [2.45, 2.75) is 32.1 Å². The lowest BCUT2D eigenvalue weighted by atomic mass is 9.97. The van der Waals surface area contributed by atoms with Gasteiger partial charge in [0.05, 0.1) is 0 Å². The lowest BCUT2D eigenvalue weighted by Crippen LogP contribution is -2.15. The molecule has 1 amide bonds. The van der Waals surface area contributed by atoms with Gasteiger partial charge in [-0.15, -0.1) is 0 Å². The fourth-order valence-corrected chi connectivity index (χ4v) is 2.77. The Bertz CT molecular complexity index is 758. The number of aromatic nitrogens is 2. The lowest BCUT2D eigenvalue weighted by molar-refractivity contribution is 0.102. The minimum Gasteiger partial charge on any atom is -0.354 e. The van der Waals surface area contributed by atoms with Crippen molar-refractivity contribution >= 4 is 17.5 Å². The van der Waals surface area contributed by atoms with Crippen LogP contribution in [0.4, 0.5) is 16.0 Å². The average Bonchev–Trinajstić information content (AvgIpc) is 2.65. The molecule has 0 spiro atoms. The molecule has 0 unspecified atom stereocenters. The number of rotatable bonds is 6. The topological polar surface area (TPSA) is 66.9 Å². The smallest absolute Gasteiger partial charge is 0.274 e. The van der Waals surface area contributed by atoms with E-state index in [4.69, 9.17) is 0 Å². The molecule has 1 heterocycles. The van der Waals surface area contributed by atoms with Gasteiger partial charge in [0.1, 0.15) is 11.5 Å². The Morgan fingerprint density at radius 3 is 2.76 bits per heavy atom. The maximum absolute atomic E-state index is 12.9. The van der Waals surface area contributed by atoms with E-state index < -0.39 is 0 Å². The number of anilines is 2. The lowest BCUT2D eigenvalue weighted by Gasteiger charge is -2.13. The van der Waals surface area contributed by atoms with E-state index in [-0.39, 0.29) is 17.4 Å². The quantitative estimate of drug-likeness (QED) is 0.775. The monoisotopic (exact) mass is 340 g/mol. The number of halogens is 1. The van der Waals surface area contributed by atoms with Crippen LogP contribution < -0.4 is 10.6 Å². The Morgan fingerprint density at radius 2 is 2.00 bits per heavy atom. The van der Waals surface area contributed by atoms with E-state index in [1.807, 2.05) is 0 Å². The number of amides is 1. The predicted molar refractivity (Wildman–Crippen MR) is 96.0 cm³/mol. The number of hydrogen-bond acceptors (Lipinski definition) is 4. The van der Waals surface area contributed by atoms with E-state index in [1.54, 1.807) is 12.3 Å². The Kier molecular flexibility index (Phi) is 5.72. The summed E-state index contributed by atoms with van der Waals surface area (Å²) in [5, 5.41) is 5.85. The fourth-order valence-electron chi connectivity index (χ4n) is 2.77. The minimum absolute atomic E-state index is 0.263. The Labute approximate surface area is 146 Å². The van der Waals surface area contributed by atoms with E-state index in [0.717, 1.165) is 13.0 Å². The molecule has 130 valence electrons. The van der Waals surface area contributed by atoms with Crippen LogP contribution in [0.25, 0.3) is 0 Å². The van der Waals surface area contributed by atoms with Crippen molar-refractivity contribution in [3.8, 4) is 0 Å². The maximum atomic E-state index is 12.9. The molecule has 0 bridgehead atoms. The highest BCUT2D eigenvalue weighted by atomic mass is 19.1. The molecule has 0 atom stereocenters. The van der Waals surface area contributed by atoms with Gasteiger partial charge in [-0.05, 0) is 62.4 Å². The summed E-state index contributed by atoms with van der Waals surface area (Å²) in [4.78, 5) is 20.6. The number of allylic oxidation sites excluding steroid dienone is 1. The van der Waals surface area contributed by atoms with Gasteiger partial charge in [0.15, 0.2) is 0 Å². The fraction of sp³-hybridized carbons (Fsp3) is 0.316. The van der Waals surface area contributed by atoms with Crippen molar-refractivity contribution in [3.63, 3.8) is 0 Å². The van der Waals surface area contributed by atoms with Gasteiger partial charge in [0.25, 0.3) is 5.91 Å². The zero-order chi connectivity index (χ0) is 17.5. The molecule has 6 heteroatoms. The zero-order valence-electron chi connectivity index (χ0n) is 14.0. The standard InChI is InChI=1S/C19H21FN4O/c20-15-6-8-16(9-7-15)23-18(25)17-11-13-22-19(24-17)21-12-10-14-4-2-1-3-5-14/h4,6-9,11,13H,1-3,5,10,12H2,(H,23,25)(H,21,22,24). The van der Waals surface area contributed by atoms with Crippen LogP contribution >= 0.6 is 0 Å². The highest BCUT2D eigenvalue weighted by Crippen LogP contribution is 2.19. The van der Waals surface area contributed by atoms with Crippen LogP contribution in [0.2, 0.25) is 0 Å². The number of nitrogens with one attached hydrogen (secondary N) is 2. The summed E-state index contributed by atoms with van der Waals surface area (Å²) in [5.74, 6) is -0.269. The molecule has 1 aromatic heterocycles. The van der Waals surface area contributed by atoms with Gasteiger partial charge in [-0.3, -0.25) is 4.79 Å². The Balaban J connectivity index is 1.55. The first kappa shape index (κ1) is 17.1. The minimum atomic E-state index is -0.355. The average molecular weight is 340 g/mol. The second-order valence-electron chi connectivity index (χ2n) is 6.01. The first-order chi connectivity index (χ1) is 12.2. The van der Waals surface area contributed by atoms with Crippen molar-refractivity contribution in [1.29, 1.82) is 0 Å². The van der Waals surface area contributed by atoms with Gasteiger partial charge >= 0.3 is 0 Å². The summed E-state index contributed by atoms with van der Waals surface area (Å²) < 4.78 is 12.9. The molecular formula is C19H21FN4O. The first-order valence-corrected chi connectivity index (χ1v) is 8.52. The molecule has 1 aliphatic rings. The van der Waals surface area contributed by atoms with Crippen LogP contribution in [0.5, 0.6) is 0 Å².